The van der Waals surface area contributed by atoms with E-state index in [9.17, 15) is 22.4 Å². The van der Waals surface area contributed by atoms with Crippen molar-refractivity contribution < 1.29 is 31.9 Å². The van der Waals surface area contributed by atoms with Gasteiger partial charge in [0.15, 0.2) is 0 Å². The minimum atomic E-state index is -4.24. The summed E-state index contributed by atoms with van der Waals surface area (Å²) in [6, 6.07) is 10.6. The van der Waals surface area contributed by atoms with Gasteiger partial charge in [0.25, 0.3) is 10.0 Å². The fourth-order valence-corrected chi connectivity index (χ4v) is 6.91. The number of fused-ring (bicyclic) bond motifs is 1. The molecule has 8 nitrogen and oxygen atoms in total. The van der Waals surface area contributed by atoms with Crippen LogP contribution in [0.4, 0.5) is 15.1 Å². The fraction of sp³-hybridized carbons (Fsp3) is 0.308. The predicted octanol–water partition coefficient (Wildman–Crippen LogP) is 4.79. The molecule has 1 heterocycles. The van der Waals surface area contributed by atoms with Crippen LogP contribution in [0, 0.1) is 5.82 Å². The first-order valence-electron chi connectivity index (χ1n) is 11.8. The minimum absolute atomic E-state index is 0.169. The summed E-state index contributed by atoms with van der Waals surface area (Å²) in [5.74, 6) is -1.22. The largest absolute Gasteiger partial charge is 0.494 e. The number of hydrogen-bond acceptors (Lipinski definition) is 7. The molecule has 1 amide bonds. The lowest BCUT2D eigenvalue weighted by Crippen LogP contribution is -2.38. The zero-order valence-corrected chi connectivity index (χ0v) is 22.1. The number of ether oxygens (including phenoxy) is 2. The van der Waals surface area contributed by atoms with Crippen LogP contribution in [0.15, 0.2) is 53.4 Å². The maximum atomic E-state index is 13.5. The second kappa shape index (κ2) is 11.3. The first kappa shape index (κ1) is 26.6. The third kappa shape index (κ3) is 5.78. The molecular formula is C26H27FN2O6S2. The highest BCUT2D eigenvalue weighted by Gasteiger charge is 2.30. The van der Waals surface area contributed by atoms with E-state index < -0.39 is 34.3 Å². The van der Waals surface area contributed by atoms with Crippen LogP contribution in [-0.4, -0.2) is 40.6 Å². The number of esters is 1. The van der Waals surface area contributed by atoms with Crippen LogP contribution in [0.1, 0.15) is 40.6 Å². The Balaban J connectivity index is 1.67. The van der Waals surface area contributed by atoms with Crippen LogP contribution in [0.2, 0.25) is 0 Å². The van der Waals surface area contributed by atoms with Gasteiger partial charge in [0, 0.05) is 4.88 Å². The fourth-order valence-electron chi connectivity index (χ4n) is 4.19. The van der Waals surface area contributed by atoms with Crippen molar-refractivity contribution in [2.75, 3.05) is 29.9 Å². The van der Waals surface area contributed by atoms with Crippen molar-refractivity contribution in [3.63, 3.8) is 0 Å². The molecule has 0 spiro atoms. The van der Waals surface area contributed by atoms with E-state index >= 15 is 0 Å². The summed E-state index contributed by atoms with van der Waals surface area (Å²) in [5.41, 5.74) is 1.42. The van der Waals surface area contributed by atoms with Crippen molar-refractivity contribution >= 4 is 43.9 Å². The number of methoxy groups -OCH3 is 1. The Morgan fingerprint density at radius 2 is 1.73 bits per heavy atom. The van der Waals surface area contributed by atoms with Crippen LogP contribution < -0.4 is 14.4 Å². The second-order valence-electron chi connectivity index (χ2n) is 8.35. The number of carbonyl (C=O) groups is 2. The van der Waals surface area contributed by atoms with E-state index in [-0.39, 0.29) is 10.6 Å². The molecule has 1 aliphatic carbocycles. The van der Waals surface area contributed by atoms with Crippen LogP contribution in [0.5, 0.6) is 5.75 Å². The molecule has 0 saturated carbocycles. The number of sulfonamides is 1. The lowest BCUT2D eigenvalue weighted by Gasteiger charge is -2.24. The quantitative estimate of drug-likeness (QED) is 0.388. The Labute approximate surface area is 219 Å². The highest BCUT2D eigenvalue weighted by atomic mass is 32.2. The first-order chi connectivity index (χ1) is 17.7. The number of rotatable bonds is 9. The molecule has 0 bridgehead atoms. The van der Waals surface area contributed by atoms with Crippen molar-refractivity contribution in [3.8, 4) is 5.75 Å². The highest BCUT2D eigenvalue weighted by Crippen LogP contribution is 2.38. The Kier molecular flexibility index (Phi) is 8.13. The molecule has 2 aromatic carbocycles. The number of thiophene rings is 1. The Morgan fingerprint density at radius 3 is 2.38 bits per heavy atom. The molecule has 1 N–H and O–H groups in total. The average molecular weight is 547 g/mol. The number of nitrogens with one attached hydrogen (secondary N) is 1. The summed E-state index contributed by atoms with van der Waals surface area (Å²) >= 11 is 1.31. The second-order valence-corrected chi connectivity index (χ2v) is 11.3. The number of benzene rings is 2. The molecule has 11 heteroatoms. The van der Waals surface area contributed by atoms with E-state index in [1.165, 1.54) is 30.6 Å². The highest BCUT2D eigenvalue weighted by molar-refractivity contribution is 7.92. The summed E-state index contributed by atoms with van der Waals surface area (Å²) in [7, 11) is -2.96. The summed E-state index contributed by atoms with van der Waals surface area (Å²) in [6.45, 7) is 1.69. The van der Waals surface area contributed by atoms with Gasteiger partial charge in [-0.2, -0.15) is 0 Å². The van der Waals surface area contributed by atoms with Gasteiger partial charge in [-0.1, -0.05) is 0 Å². The Bertz CT molecular complexity index is 1390. The Hall–Kier alpha value is -3.44. The summed E-state index contributed by atoms with van der Waals surface area (Å²) in [5, 5.41) is 3.08. The molecule has 0 aliphatic heterocycles. The van der Waals surface area contributed by atoms with Gasteiger partial charge in [0.05, 0.1) is 29.9 Å². The monoisotopic (exact) mass is 546 g/mol. The molecular weight excluding hydrogens is 519 g/mol. The summed E-state index contributed by atoms with van der Waals surface area (Å²) in [4.78, 5) is 26.6. The number of halogens is 1. The zero-order valence-electron chi connectivity index (χ0n) is 20.5. The van der Waals surface area contributed by atoms with Gasteiger partial charge in [-0.3, -0.25) is 9.10 Å². The normalized spacial score (nSPS) is 12.9. The van der Waals surface area contributed by atoms with Crippen LogP contribution >= 0.6 is 11.3 Å². The maximum absolute atomic E-state index is 13.5. The molecule has 0 fully saturated rings. The van der Waals surface area contributed by atoms with Crippen LogP contribution in [0.3, 0.4) is 0 Å². The van der Waals surface area contributed by atoms with Gasteiger partial charge in [-0.15, -0.1) is 11.3 Å². The molecule has 0 radical (unpaired) electrons. The zero-order chi connectivity index (χ0) is 26.6. The van der Waals surface area contributed by atoms with E-state index in [0.717, 1.165) is 58.3 Å². The molecule has 0 atom stereocenters. The number of carbonyl (C=O) groups excluding carboxylic acids is 2. The molecule has 4 rings (SSSR count). The molecule has 0 saturated heterocycles. The van der Waals surface area contributed by atoms with E-state index in [4.69, 9.17) is 9.47 Å². The Morgan fingerprint density at radius 1 is 1.05 bits per heavy atom. The predicted molar refractivity (Wildman–Crippen MR) is 139 cm³/mol. The lowest BCUT2D eigenvalue weighted by atomic mass is 9.95. The van der Waals surface area contributed by atoms with E-state index in [1.54, 1.807) is 12.1 Å². The lowest BCUT2D eigenvalue weighted by molar-refractivity contribution is -0.114. The number of hydrogen-bond donors (Lipinski definition) is 1. The molecule has 196 valence electrons. The van der Waals surface area contributed by atoms with Gasteiger partial charge in [-0.25, -0.2) is 17.6 Å². The third-order valence-electron chi connectivity index (χ3n) is 5.94. The number of nitrogens with zero attached hydrogens (tertiary/aromatic N) is 1. The molecule has 0 unspecified atom stereocenters. The molecule has 1 aromatic heterocycles. The van der Waals surface area contributed by atoms with E-state index in [0.29, 0.717) is 29.3 Å². The first-order valence-corrected chi connectivity index (χ1v) is 14.0. The van der Waals surface area contributed by atoms with Crippen molar-refractivity contribution in [2.24, 2.45) is 0 Å². The van der Waals surface area contributed by atoms with Crippen molar-refractivity contribution in [3.05, 3.63) is 70.4 Å². The van der Waals surface area contributed by atoms with E-state index in [1.807, 2.05) is 6.92 Å². The standard InChI is InChI=1S/C26H27FN2O6S2/c1-3-35-19-12-10-18(11-13-19)29(37(32,33)20-14-8-17(27)9-15-20)16-23(30)28-25-24(26(31)34-2)21-6-4-5-7-22(21)36-25/h8-15H,3-7,16H2,1-2H3,(H,28,30). The number of aryl methyl sites for hydroxylation is 1. The summed E-state index contributed by atoms with van der Waals surface area (Å²) < 4.78 is 51.9. The van der Waals surface area contributed by atoms with Crippen LogP contribution in [0.25, 0.3) is 0 Å². The van der Waals surface area contributed by atoms with E-state index in [2.05, 4.69) is 5.32 Å². The van der Waals surface area contributed by atoms with Gasteiger partial charge in [-0.05, 0) is 86.7 Å². The van der Waals surface area contributed by atoms with Gasteiger partial charge in [0.1, 0.15) is 23.1 Å². The van der Waals surface area contributed by atoms with Gasteiger partial charge in [0.2, 0.25) is 5.91 Å². The van der Waals surface area contributed by atoms with Crippen molar-refractivity contribution in [2.45, 2.75) is 37.5 Å². The smallest absolute Gasteiger partial charge is 0.341 e. The third-order valence-corrected chi connectivity index (χ3v) is 8.93. The average Bonchev–Trinajstić information content (AvgIpc) is 3.25. The van der Waals surface area contributed by atoms with Gasteiger partial charge >= 0.3 is 5.97 Å². The summed E-state index contributed by atoms with van der Waals surface area (Å²) in [6.07, 6.45) is 3.44. The van der Waals surface area contributed by atoms with Crippen molar-refractivity contribution in [1.82, 2.24) is 0 Å². The van der Waals surface area contributed by atoms with Crippen LogP contribution in [-0.2, 0) is 32.4 Å². The molecule has 1 aliphatic rings. The number of amides is 1. The van der Waals surface area contributed by atoms with Crippen molar-refractivity contribution in [1.29, 1.82) is 0 Å². The molecule has 37 heavy (non-hydrogen) atoms. The molecule has 3 aromatic rings. The van der Waals surface area contributed by atoms with Gasteiger partial charge < -0.3 is 14.8 Å². The minimum Gasteiger partial charge on any atom is -0.494 e. The topological polar surface area (TPSA) is 102 Å². The maximum Gasteiger partial charge on any atom is 0.341 e. The SMILES string of the molecule is CCOc1ccc(N(CC(=O)Nc2sc3c(c2C(=O)OC)CCCC3)S(=O)(=O)c2ccc(F)cc2)cc1. The number of anilines is 2.